The lowest BCUT2D eigenvalue weighted by Crippen LogP contribution is -2.56. The first kappa shape index (κ1) is 21.1. The summed E-state index contributed by atoms with van der Waals surface area (Å²) in [4.78, 5) is 24.7. The van der Waals surface area contributed by atoms with Gasteiger partial charge in [0.25, 0.3) is 0 Å². The maximum atomic E-state index is 13.3. The van der Waals surface area contributed by atoms with Crippen molar-refractivity contribution in [2.75, 3.05) is 31.1 Å². The summed E-state index contributed by atoms with van der Waals surface area (Å²) in [6.45, 7) is 6.72. The molecule has 0 spiro atoms. The maximum Gasteiger partial charge on any atom is 0.317 e. The van der Waals surface area contributed by atoms with Gasteiger partial charge in [0, 0.05) is 44.4 Å². The summed E-state index contributed by atoms with van der Waals surface area (Å²) in [5, 5.41) is 2.95. The van der Waals surface area contributed by atoms with Crippen LogP contribution in [0.5, 0.6) is 11.6 Å². The highest BCUT2D eigenvalue weighted by Gasteiger charge is 2.28. The number of halogens is 2. The molecule has 3 rings (SSSR count). The van der Waals surface area contributed by atoms with E-state index in [0.29, 0.717) is 43.6 Å². The third kappa shape index (κ3) is 5.47. The highest BCUT2D eigenvalue weighted by Crippen LogP contribution is 2.27. The maximum absolute atomic E-state index is 13.3. The molecule has 1 aromatic carbocycles. The van der Waals surface area contributed by atoms with Crippen LogP contribution in [-0.2, 0) is 0 Å². The molecule has 0 aliphatic carbocycles. The Hall–Kier alpha value is -2.61. The number of hydrogen-bond acceptors (Lipinski definition) is 5. The monoisotopic (exact) mass is 421 g/mol. The van der Waals surface area contributed by atoms with Crippen LogP contribution in [0.3, 0.4) is 0 Å². The number of ether oxygens (including phenoxy) is 1. The Bertz CT molecular complexity index is 853. The third-order valence-corrected chi connectivity index (χ3v) is 5.05. The van der Waals surface area contributed by atoms with Crippen molar-refractivity contribution in [1.82, 2.24) is 20.2 Å². The van der Waals surface area contributed by atoms with Crippen LogP contribution >= 0.6 is 11.6 Å². The van der Waals surface area contributed by atoms with Crippen molar-refractivity contribution in [2.45, 2.75) is 32.7 Å². The first-order valence-corrected chi connectivity index (χ1v) is 10.1. The first-order valence-electron chi connectivity index (χ1n) is 9.72. The number of hydrogen-bond donors (Lipinski definition) is 1. The second kappa shape index (κ2) is 9.73. The van der Waals surface area contributed by atoms with Crippen molar-refractivity contribution in [1.29, 1.82) is 0 Å². The average molecular weight is 422 g/mol. The van der Waals surface area contributed by atoms with Gasteiger partial charge in [-0.15, -0.1) is 0 Å². The number of urea groups is 1. The Kier molecular flexibility index (Phi) is 7.09. The molecule has 9 heteroatoms. The van der Waals surface area contributed by atoms with E-state index in [-0.39, 0.29) is 17.1 Å². The molecule has 1 aliphatic rings. The largest absolute Gasteiger partial charge is 0.439 e. The molecule has 0 unspecified atom stereocenters. The summed E-state index contributed by atoms with van der Waals surface area (Å²) in [5.74, 6) is 0.933. The van der Waals surface area contributed by atoms with Crippen molar-refractivity contribution < 1.29 is 13.9 Å². The van der Waals surface area contributed by atoms with Gasteiger partial charge in [0.1, 0.15) is 23.7 Å². The zero-order valence-electron chi connectivity index (χ0n) is 16.6. The number of carbonyl (C=O) groups excluding carboxylic acids is 1. The van der Waals surface area contributed by atoms with Gasteiger partial charge in [0.2, 0.25) is 5.88 Å². The number of unbranched alkanes of at least 4 members (excludes halogenated alkanes) is 1. The van der Waals surface area contributed by atoms with Crippen LogP contribution in [-0.4, -0.2) is 53.1 Å². The van der Waals surface area contributed by atoms with E-state index in [1.54, 1.807) is 6.07 Å². The van der Waals surface area contributed by atoms with E-state index in [2.05, 4.69) is 27.1 Å². The van der Waals surface area contributed by atoms with Gasteiger partial charge in [-0.1, -0.05) is 24.9 Å². The van der Waals surface area contributed by atoms with E-state index in [9.17, 15) is 9.18 Å². The van der Waals surface area contributed by atoms with E-state index < -0.39 is 5.82 Å². The van der Waals surface area contributed by atoms with Crippen LogP contribution in [0.25, 0.3) is 0 Å². The molecule has 1 atom stereocenters. The number of anilines is 1. The molecule has 2 aromatic rings. The lowest BCUT2D eigenvalue weighted by molar-refractivity contribution is 0.171. The van der Waals surface area contributed by atoms with Crippen molar-refractivity contribution in [2.24, 2.45) is 0 Å². The van der Waals surface area contributed by atoms with E-state index >= 15 is 0 Å². The summed E-state index contributed by atoms with van der Waals surface area (Å²) >= 11 is 5.79. The zero-order chi connectivity index (χ0) is 20.8. The molecule has 0 saturated carbocycles. The molecule has 7 nitrogen and oxygen atoms in total. The van der Waals surface area contributed by atoms with Gasteiger partial charge in [-0.3, -0.25) is 0 Å². The standard InChI is InChI=1S/C20H25ClFN5O2/c1-3-4-7-23-20(28)27-9-8-26(12-14(27)2)18-11-19(25-13-24-18)29-15-5-6-17(22)16(21)10-15/h5-6,10-11,13-14H,3-4,7-9,12H2,1-2H3,(H,23,28)/t14-/m1/s1. The van der Waals surface area contributed by atoms with Crippen LogP contribution in [0.15, 0.2) is 30.6 Å². The van der Waals surface area contributed by atoms with Crippen molar-refractivity contribution >= 4 is 23.4 Å². The van der Waals surface area contributed by atoms with Gasteiger partial charge in [-0.05, 0) is 25.5 Å². The Morgan fingerprint density at radius 2 is 2.17 bits per heavy atom. The summed E-state index contributed by atoms with van der Waals surface area (Å²) < 4.78 is 19.0. The Morgan fingerprint density at radius 3 is 2.90 bits per heavy atom. The van der Waals surface area contributed by atoms with Crippen LogP contribution in [0, 0.1) is 5.82 Å². The number of carbonyl (C=O) groups is 1. The lowest BCUT2D eigenvalue weighted by atomic mass is 10.2. The van der Waals surface area contributed by atoms with Gasteiger partial charge in [0.05, 0.1) is 5.02 Å². The van der Waals surface area contributed by atoms with E-state index in [4.69, 9.17) is 16.3 Å². The number of nitrogens with zero attached hydrogens (tertiary/aromatic N) is 4. The van der Waals surface area contributed by atoms with E-state index in [1.807, 2.05) is 11.8 Å². The molecule has 2 heterocycles. The number of benzene rings is 1. The molecule has 156 valence electrons. The van der Waals surface area contributed by atoms with Crippen molar-refractivity contribution in [3.05, 3.63) is 41.4 Å². The second-order valence-electron chi connectivity index (χ2n) is 6.97. The summed E-state index contributed by atoms with van der Waals surface area (Å²) in [6.07, 6.45) is 3.44. The molecule has 1 fully saturated rings. The molecule has 0 bridgehead atoms. The molecule has 0 radical (unpaired) electrons. The van der Waals surface area contributed by atoms with Crippen LogP contribution in [0.2, 0.25) is 5.02 Å². The predicted octanol–water partition coefficient (Wildman–Crippen LogP) is 4.08. The summed E-state index contributed by atoms with van der Waals surface area (Å²) in [7, 11) is 0. The van der Waals surface area contributed by atoms with Crippen molar-refractivity contribution in [3.63, 3.8) is 0 Å². The van der Waals surface area contributed by atoms with Gasteiger partial charge < -0.3 is 19.9 Å². The minimum absolute atomic E-state index is 0.0149. The fraction of sp³-hybridized carbons (Fsp3) is 0.450. The first-order chi connectivity index (χ1) is 14.0. The average Bonchev–Trinajstić information content (AvgIpc) is 2.71. The summed E-state index contributed by atoms with van der Waals surface area (Å²) in [5.41, 5.74) is 0. The van der Waals surface area contributed by atoms with Crippen LogP contribution in [0.4, 0.5) is 15.0 Å². The predicted molar refractivity (Wildman–Crippen MR) is 110 cm³/mol. The molecular formula is C20H25ClFN5O2. The van der Waals surface area contributed by atoms with Gasteiger partial charge in [-0.2, -0.15) is 0 Å². The normalized spacial score (nSPS) is 16.6. The Labute approximate surface area is 174 Å². The number of rotatable bonds is 6. The molecule has 1 aromatic heterocycles. The number of nitrogens with one attached hydrogen (secondary N) is 1. The van der Waals surface area contributed by atoms with Crippen LogP contribution in [0.1, 0.15) is 26.7 Å². The van der Waals surface area contributed by atoms with E-state index in [0.717, 1.165) is 12.8 Å². The summed E-state index contributed by atoms with van der Waals surface area (Å²) in [6, 6.07) is 5.87. The Balaban J connectivity index is 1.62. The molecule has 1 saturated heterocycles. The number of amides is 2. The zero-order valence-corrected chi connectivity index (χ0v) is 17.3. The number of piperazine rings is 1. The SMILES string of the molecule is CCCCNC(=O)N1CCN(c2cc(Oc3ccc(F)c(Cl)c3)ncn2)C[C@H]1C. The second-order valence-corrected chi connectivity index (χ2v) is 7.37. The number of aromatic nitrogens is 2. The third-order valence-electron chi connectivity index (χ3n) is 4.76. The Morgan fingerprint density at radius 1 is 1.34 bits per heavy atom. The topological polar surface area (TPSA) is 70.6 Å². The smallest absolute Gasteiger partial charge is 0.317 e. The molecule has 29 heavy (non-hydrogen) atoms. The van der Waals surface area contributed by atoms with Gasteiger partial charge in [0.15, 0.2) is 0 Å². The van der Waals surface area contributed by atoms with Crippen LogP contribution < -0.4 is 15.0 Å². The molecule has 2 amide bonds. The minimum atomic E-state index is -0.506. The van der Waals surface area contributed by atoms with Crippen molar-refractivity contribution in [3.8, 4) is 11.6 Å². The minimum Gasteiger partial charge on any atom is -0.439 e. The highest BCUT2D eigenvalue weighted by atomic mass is 35.5. The molecular weight excluding hydrogens is 397 g/mol. The van der Waals surface area contributed by atoms with Gasteiger partial charge in [-0.25, -0.2) is 19.2 Å². The quantitative estimate of drug-likeness (QED) is 0.711. The van der Waals surface area contributed by atoms with Gasteiger partial charge >= 0.3 is 6.03 Å². The molecule has 1 aliphatic heterocycles. The lowest BCUT2D eigenvalue weighted by Gasteiger charge is -2.40. The highest BCUT2D eigenvalue weighted by molar-refractivity contribution is 6.30. The fourth-order valence-corrected chi connectivity index (χ4v) is 3.33. The fourth-order valence-electron chi connectivity index (χ4n) is 3.16. The van der Waals surface area contributed by atoms with E-state index in [1.165, 1.54) is 24.5 Å². The molecule has 1 N–H and O–H groups in total.